The van der Waals surface area contributed by atoms with Gasteiger partial charge in [0.25, 0.3) is 0 Å². The molecule has 0 unspecified atom stereocenters. The molecular weight excluding hydrogens is 484 g/mol. The zero-order chi connectivity index (χ0) is 26.8. The number of Topliss-reactive ketones (excluding diaryl/α,β-unsaturated/α-hetero) is 1. The number of nitrogens with one attached hydrogen (secondary N) is 2. The predicted octanol–water partition coefficient (Wildman–Crippen LogP) is 5.71. The van der Waals surface area contributed by atoms with E-state index >= 15 is 0 Å². The summed E-state index contributed by atoms with van der Waals surface area (Å²) in [5, 5.41) is 7.18. The molecule has 38 heavy (non-hydrogen) atoms. The lowest BCUT2D eigenvalue weighted by molar-refractivity contribution is -0.116. The van der Waals surface area contributed by atoms with Crippen LogP contribution in [0.3, 0.4) is 0 Å². The quantitative estimate of drug-likeness (QED) is 0.413. The van der Waals surface area contributed by atoms with Crippen LogP contribution in [0.2, 0.25) is 0 Å². The lowest BCUT2D eigenvalue weighted by atomic mass is 9.78. The molecule has 2 aliphatic rings. The number of hydrogen-bond donors (Lipinski definition) is 2. The van der Waals surface area contributed by atoms with Crippen molar-refractivity contribution >= 4 is 17.2 Å². The molecule has 2 atom stereocenters. The van der Waals surface area contributed by atoms with Crippen molar-refractivity contribution in [1.82, 2.24) is 0 Å². The van der Waals surface area contributed by atoms with E-state index in [1.807, 2.05) is 54.6 Å². The summed E-state index contributed by atoms with van der Waals surface area (Å²) in [7, 11) is 7.97. The molecule has 0 spiro atoms. The largest absolute Gasteiger partial charge is 0.493 e. The fourth-order valence-electron chi connectivity index (χ4n) is 5.35. The topological polar surface area (TPSA) is 87.3 Å². The van der Waals surface area contributed by atoms with E-state index in [9.17, 15) is 4.79 Å². The van der Waals surface area contributed by atoms with Crippen LogP contribution in [0, 0.1) is 0 Å². The standard InChI is InChI=1S/C30H32N2O6/c1-34-24-11-10-17(14-25(24)35-2)18-12-22-28(23(33)13-18)29(32-21-9-7-6-8-20(21)31-22)19-15-26(36-3)30(38-5)27(16-19)37-4/h6-11,14-16,18,29,31-32H,12-13H2,1-5H3/t18-,29-/m1/s1. The van der Waals surface area contributed by atoms with E-state index in [2.05, 4.69) is 10.6 Å². The van der Waals surface area contributed by atoms with Crippen molar-refractivity contribution in [3.63, 3.8) is 0 Å². The smallest absolute Gasteiger partial charge is 0.203 e. The van der Waals surface area contributed by atoms with E-state index in [1.165, 1.54) is 0 Å². The molecule has 8 nitrogen and oxygen atoms in total. The number of ketones is 1. The molecule has 0 amide bonds. The van der Waals surface area contributed by atoms with Gasteiger partial charge in [-0.1, -0.05) is 18.2 Å². The monoisotopic (exact) mass is 516 g/mol. The summed E-state index contributed by atoms with van der Waals surface area (Å²) in [5.41, 5.74) is 5.26. The second kappa shape index (κ2) is 10.6. The fourth-order valence-corrected chi connectivity index (χ4v) is 5.35. The van der Waals surface area contributed by atoms with Crippen LogP contribution < -0.4 is 34.3 Å². The Morgan fingerprint density at radius 3 is 1.95 bits per heavy atom. The predicted molar refractivity (Wildman–Crippen MR) is 146 cm³/mol. The number of para-hydroxylation sites is 2. The highest BCUT2D eigenvalue weighted by Crippen LogP contribution is 2.47. The number of carbonyl (C=O) groups excluding carboxylic acids is 1. The number of allylic oxidation sites excluding steroid dienone is 1. The number of hydrogen-bond acceptors (Lipinski definition) is 8. The maximum Gasteiger partial charge on any atom is 0.203 e. The number of benzene rings is 3. The number of carbonyl (C=O) groups is 1. The average Bonchev–Trinajstić information content (AvgIpc) is 3.12. The van der Waals surface area contributed by atoms with Gasteiger partial charge in [-0.25, -0.2) is 0 Å². The van der Waals surface area contributed by atoms with Gasteiger partial charge in [0.05, 0.1) is 53.0 Å². The summed E-state index contributed by atoms with van der Waals surface area (Å²) in [6.07, 6.45) is 1.03. The summed E-state index contributed by atoms with van der Waals surface area (Å²) in [6, 6.07) is 17.2. The Labute approximate surface area is 222 Å². The molecule has 2 N–H and O–H groups in total. The van der Waals surface area contributed by atoms with Crippen LogP contribution in [0.5, 0.6) is 28.7 Å². The van der Waals surface area contributed by atoms with Crippen LogP contribution in [-0.2, 0) is 4.79 Å². The zero-order valence-electron chi connectivity index (χ0n) is 22.2. The summed E-state index contributed by atoms with van der Waals surface area (Å²) < 4.78 is 27.7. The van der Waals surface area contributed by atoms with Gasteiger partial charge in [0.15, 0.2) is 28.8 Å². The van der Waals surface area contributed by atoms with Crippen LogP contribution in [0.15, 0.2) is 65.9 Å². The second-order valence-electron chi connectivity index (χ2n) is 9.24. The van der Waals surface area contributed by atoms with E-state index in [1.54, 1.807) is 35.5 Å². The van der Waals surface area contributed by atoms with Crippen molar-refractivity contribution in [1.29, 1.82) is 0 Å². The van der Waals surface area contributed by atoms with Crippen molar-refractivity contribution in [2.75, 3.05) is 46.2 Å². The Kier molecular flexibility index (Phi) is 7.05. The van der Waals surface area contributed by atoms with Crippen LogP contribution >= 0.6 is 0 Å². The molecule has 3 aromatic carbocycles. The van der Waals surface area contributed by atoms with Gasteiger partial charge in [0.1, 0.15) is 0 Å². The molecule has 198 valence electrons. The number of rotatable bonds is 7. The maximum absolute atomic E-state index is 13.9. The zero-order valence-corrected chi connectivity index (χ0v) is 22.2. The Morgan fingerprint density at radius 2 is 1.32 bits per heavy atom. The highest BCUT2D eigenvalue weighted by Gasteiger charge is 2.37. The maximum atomic E-state index is 13.9. The van der Waals surface area contributed by atoms with Gasteiger partial charge in [-0.05, 0) is 59.9 Å². The molecule has 3 aromatic rings. The normalized spacial score (nSPS) is 18.3. The Morgan fingerprint density at radius 1 is 0.684 bits per heavy atom. The molecule has 0 saturated heterocycles. The first-order valence-electron chi connectivity index (χ1n) is 12.4. The third kappa shape index (κ3) is 4.47. The molecule has 0 fully saturated rings. The minimum atomic E-state index is -0.422. The SMILES string of the molecule is COc1ccc([C@H]2CC(=O)C3=C(C2)Nc2ccccc2N[C@@H]3c2cc(OC)c(OC)c(OC)c2)cc1OC. The number of fused-ring (bicyclic) bond motifs is 1. The number of anilines is 2. The molecule has 0 radical (unpaired) electrons. The van der Waals surface area contributed by atoms with Gasteiger partial charge in [-0.15, -0.1) is 0 Å². The number of ether oxygens (including phenoxy) is 5. The van der Waals surface area contributed by atoms with Gasteiger partial charge < -0.3 is 34.3 Å². The fraction of sp³-hybridized carbons (Fsp3) is 0.300. The third-order valence-electron chi connectivity index (χ3n) is 7.21. The Hall–Kier alpha value is -4.33. The summed E-state index contributed by atoms with van der Waals surface area (Å²) >= 11 is 0. The first kappa shape index (κ1) is 25.3. The first-order chi connectivity index (χ1) is 18.5. The number of methoxy groups -OCH3 is 5. The van der Waals surface area contributed by atoms with Crippen molar-refractivity contribution in [3.8, 4) is 28.7 Å². The van der Waals surface area contributed by atoms with Crippen molar-refractivity contribution in [2.45, 2.75) is 24.8 Å². The second-order valence-corrected chi connectivity index (χ2v) is 9.24. The van der Waals surface area contributed by atoms with Gasteiger partial charge in [0, 0.05) is 17.7 Å². The van der Waals surface area contributed by atoms with E-state index in [-0.39, 0.29) is 11.7 Å². The Bertz CT molecular complexity index is 1370. The molecule has 0 bridgehead atoms. The summed E-state index contributed by atoms with van der Waals surface area (Å²) in [6.45, 7) is 0. The van der Waals surface area contributed by atoms with Crippen molar-refractivity contribution in [2.24, 2.45) is 0 Å². The van der Waals surface area contributed by atoms with Crippen LogP contribution in [0.1, 0.15) is 35.9 Å². The highest BCUT2D eigenvalue weighted by atomic mass is 16.5. The molecular formula is C30H32N2O6. The minimum Gasteiger partial charge on any atom is -0.493 e. The van der Waals surface area contributed by atoms with Gasteiger partial charge >= 0.3 is 0 Å². The molecule has 1 aliphatic heterocycles. The molecule has 8 heteroatoms. The van der Waals surface area contributed by atoms with Crippen LogP contribution in [0.25, 0.3) is 0 Å². The average molecular weight is 517 g/mol. The van der Waals surface area contributed by atoms with E-state index < -0.39 is 6.04 Å². The van der Waals surface area contributed by atoms with Gasteiger partial charge in [-0.3, -0.25) is 4.79 Å². The molecule has 1 aliphatic carbocycles. The van der Waals surface area contributed by atoms with E-state index in [0.29, 0.717) is 47.2 Å². The summed E-state index contributed by atoms with van der Waals surface area (Å²) in [4.78, 5) is 13.9. The van der Waals surface area contributed by atoms with Crippen molar-refractivity contribution in [3.05, 3.63) is 77.0 Å². The third-order valence-corrected chi connectivity index (χ3v) is 7.21. The first-order valence-corrected chi connectivity index (χ1v) is 12.4. The summed E-state index contributed by atoms with van der Waals surface area (Å²) in [5.74, 6) is 2.92. The lowest BCUT2D eigenvalue weighted by Crippen LogP contribution is -2.27. The highest BCUT2D eigenvalue weighted by molar-refractivity contribution is 6.01. The van der Waals surface area contributed by atoms with E-state index in [0.717, 1.165) is 28.2 Å². The minimum absolute atomic E-state index is 0.0144. The lowest BCUT2D eigenvalue weighted by Gasteiger charge is -2.30. The van der Waals surface area contributed by atoms with E-state index in [4.69, 9.17) is 23.7 Å². The van der Waals surface area contributed by atoms with Gasteiger partial charge in [-0.2, -0.15) is 0 Å². The molecule has 0 aromatic heterocycles. The Balaban J connectivity index is 1.62. The van der Waals surface area contributed by atoms with Crippen LogP contribution in [-0.4, -0.2) is 41.3 Å². The molecule has 5 rings (SSSR count). The van der Waals surface area contributed by atoms with Crippen LogP contribution in [0.4, 0.5) is 11.4 Å². The molecule has 1 heterocycles. The van der Waals surface area contributed by atoms with Crippen molar-refractivity contribution < 1.29 is 28.5 Å². The van der Waals surface area contributed by atoms with Gasteiger partial charge in [0.2, 0.25) is 5.75 Å². The molecule has 0 saturated carbocycles.